The fraction of sp³-hybridized carbons (Fsp3) is 0.0625. The molecule has 0 saturated heterocycles. The molecule has 1 aromatic heterocycles. The molecule has 4 heteroatoms. The Kier molecular flexibility index (Phi) is 2.88. The van der Waals surface area contributed by atoms with Crippen molar-refractivity contribution in [2.45, 2.75) is 6.54 Å². The van der Waals surface area contributed by atoms with E-state index in [1.165, 1.54) is 6.07 Å². The average Bonchev–Trinajstić information content (AvgIpc) is 2.78. The largest absolute Gasteiger partial charge is 0.399 e. The Balaban J connectivity index is 2.13. The number of rotatable bonds is 2. The predicted molar refractivity (Wildman–Crippen MR) is 76.6 cm³/mol. The van der Waals surface area contributed by atoms with E-state index in [0.29, 0.717) is 23.4 Å². The number of nitrogen functional groups attached to an aromatic ring is 1. The van der Waals surface area contributed by atoms with Crippen LogP contribution in [0.1, 0.15) is 11.1 Å². The first-order valence-electron chi connectivity index (χ1n) is 6.21. The quantitative estimate of drug-likeness (QED) is 0.723. The van der Waals surface area contributed by atoms with Crippen LogP contribution >= 0.6 is 0 Å². The van der Waals surface area contributed by atoms with Crippen molar-refractivity contribution in [2.75, 3.05) is 5.73 Å². The summed E-state index contributed by atoms with van der Waals surface area (Å²) in [6, 6.07) is 14.2. The second-order valence-corrected chi connectivity index (χ2v) is 4.65. The zero-order chi connectivity index (χ0) is 14.1. The highest BCUT2D eigenvalue weighted by atomic mass is 19.1. The van der Waals surface area contributed by atoms with Crippen molar-refractivity contribution in [2.24, 2.45) is 0 Å². The number of nitrogens with zero attached hydrogens (tertiary/aromatic N) is 2. The van der Waals surface area contributed by atoms with Crippen molar-refractivity contribution in [3.63, 3.8) is 0 Å². The van der Waals surface area contributed by atoms with Crippen molar-refractivity contribution < 1.29 is 4.39 Å². The summed E-state index contributed by atoms with van der Waals surface area (Å²) in [6.07, 6.45) is 1.73. The molecule has 0 radical (unpaired) electrons. The molecule has 0 fully saturated rings. The van der Waals surface area contributed by atoms with Gasteiger partial charge in [0.1, 0.15) is 11.9 Å². The third kappa shape index (κ3) is 1.99. The molecule has 0 bridgehead atoms. The minimum atomic E-state index is -0.247. The molecule has 3 nitrogen and oxygen atoms in total. The summed E-state index contributed by atoms with van der Waals surface area (Å²) >= 11 is 0. The topological polar surface area (TPSA) is 54.7 Å². The van der Waals surface area contributed by atoms with E-state index in [9.17, 15) is 9.65 Å². The number of hydrogen-bond acceptors (Lipinski definition) is 2. The van der Waals surface area contributed by atoms with Crippen LogP contribution in [0.4, 0.5) is 10.1 Å². The highest BCUT2D eigenvalue weighted by Gasteiger charge is 2.10. The number of hydrogen-bond donors (Lipinski definition) is 1. The van der Waals surface area contributed by atoms with Gasteiger partial charge >= 0.3 is 0 Å². The number of anilines is 1. The summed E-state index contributed by atoms with van der Waals surface area (Å²) in [5.74, 6) is -0.247. The first-order valence-corrected chi connectivity index (χ1v) is 6.21. The second-order valence-electron chi connectivity index (χ2n) is 4.65. The average molecular weight is 265 g/mol. The molecule has 98 valence electrons. The molecule has 0 amide bonds. The van der Waals surface area contributed by atoms with E-state index in [0.717, 1.165) is 10.9 Å². The smallest absolute Gasteiger partial charge is 0.128 e. The summed E-state index contributed by atoms with van der Waals surface area (Å²) in [5.41, 5.74) is 8.37. The molecule has 3 aromatic rings. The van der Waals surface area contributed by atoms with E-state index in [1.807, 2.05) is 10.6 Å². The fourth-order valence-corrected chi connectivity index (χ4v) is 2.34. The molecule has 20 heavy (non-hydrogen) atoms. The van der Waals surface area contributed by atoms with Gasteiger partial charge in [0, 0.05) is 28.4 Å². The molecule has 0 aliphatic carbocycles. The molecule has 3 rings (SSSR count). The molecular formula is C16H12FN3. The lowest BCUT2D eigenvalue weighted by atomic mass is 10.1. The zero-order valence-electron chi connectivity index (χ0n) is 10.7. The van der Waals surface area contributed by atoms with E-state index < -0.39 is 0 Å². The Bertz CT molecular complexity index is 827. The van der Waals surface area contributed by atoms with Crippen molar-refractivity contribution in [3.8, 4) is 6.07 Å². The van der Waals surface area contributed by atoms with Crippen molar-refractivity contribution >= 4 is 16.6 Å². The Morgan fingerprint density at radius 1 is 1.20 bits per heavy atom. The van der Waals surface area contributed by atoms with E-state index in [-0.39, 0.29) is 5.82 Å². The van der Waals surface area contributed by atoms with Crippen molar-refractivity contribution in [3.05, 3.63) is 65.6 Å². The van der Waals surface area contributed by atoms with Gasteiger partial charge in [-0.1, -0.05) is 18.2 Å². The maximum atomic E-state index is 13.7. The monoisotopic (exact) mass is 265 g/mol. The lowest BCUT2D eigenvalue weighted by molar-refractivity contribution is 0.602. The van der Waals surface area contributed by atoms with Crippen LogP contribution in [0.3, 0.4) is 0 Å². The van der Waals surface area contributed by atoms with Crippen LogP contribution in [0, 0.1) is 17.1 Å². The maximum Gasteiger partial charge on any atom is 0.128 e. The number of nitriles is 1. The molecule has 1 heterocycles. The highest BCUT2D eigenvalue weighted by Crippen LogP contribution is 2.24. The first kappa shape index (κ1) is 12.2. The lowest BCUT2D eigenvalue weighted by Crippen LogP contribution is -2.00. The molecule has 0 saturated carbocycles. The summed E-state index contributed by atoms with van der Waals surface area (Å²) in [7, 11) is 0. The summed E-state index contributed by atoms with van der Waals surface area (Å²) in [6.45, 7) is 0.384. The Labute approximate surface area is 115 Å². The van der Waals surface area contributed by atoms with Crippen molar-refractivity contribution in [1.29, 1.82) is 5.26 Å². The molecule has 0 aliphatic rings. The van der Waals surface area contributed by atoms with Crippen LogP contribution in [0.25, 0.3) is 10.9 Å². The van der Waals surface area contributed by atoms with Crippen LogP contribution in [0.15, 0.2) is 48.7 Å². The zero-order valence-corrected chi connectivity index (χ0v) is 10.7. The standard InChI is InChI=1S/C16H12FN3/c17-15-4-2-1-3-11(15)9-20-10-12(8-18)14-7-13(19)5-6-16(14)20/h1-7,10H,9,19H2. The van der Waals surface area contributed by atoms with E-state index in [4.69, 9.17) is 5.73 Å². The van der Waals surface area contributed by atoms with Gasteiger partial charge < -0.3 is 10.3 Å². The molecule has 0 aliphatic heterocycles. The molecule has 0 atom stereocenters. The fourth-order valence-electron chi connectivity index (χ4n) is 2.34. The molecule has 2 N–H and O–H groups in total. The van der Waals surface area contributed by atoms with Gasteiger partial charge in [-0.15, -0.1) is 0 Å². The summed E-state index contributed by atoms with van der Waals surface area (Å²) in [4.78, 5) is 0. The number of nitrogens with two attached hydrogens (primary N) is 1. The van der Waals surface area contributed by atoms with E-state index in [1.54, 1.807) is 36.5 Å². The Morgan fingerprint density at radius 3 is 2.75 bits per heavy atom. The van der Waals surface area contributed by atoms with Gasteiger partial charge in [-0.2, -0.15) is 5.26 Å². The Hall–Kier alpha value is -2.80. The minimum Gasteiger partial charge on any atom is -0.399 e. The number of benzene rings is 2. The Morgan fingerprint density at radius 2 is 2.00 bits per heavy atom. The number of aromatic nitrogens is 1. The van der Waals surface area contributed by atoms with Gasteiger partial charge in [0.15, 0.2) is 0 Å². The minimum absolute atomic E-state index is 0.247. The molecular weight excluding hydrogens is 253 g/mol. The molecule has 2 aromatic carbocycles. The second kappa shape index (κ2) is 4.71. The van der Waals surface area contributed by atoms with E-state index >= 15 is 0 Å². The van der Waals surface area contributed by atoms with Crippen LogP contribution in [0.2, 0.25) is 0 Å². The van der Waals surface area contributed by atoms with Crippen LogP contribution in [-0.2, 0) is 6.54 Å². The maximum absolute atomic E-state index is 13.7. The van der Waals surface area contributed by atoms with Crippen LogP contribution in [0.5, 0.6) is 0 Å². The third-order valence-corrected chi connectivity index (χ3v) is 3.32. The van der Waals surface area contributed by atoms with Gasteiger partial charge in [-0.3, -0.25) is 0 Å². The van der Waals surface area contributed by atoms with Crippen LogP contribution < -0.4 is 5.73 Å². The number of halogens is 1. The highest BCUT2D eigenvalue weighted by molar-refractivity contribution is 5.89. The van der Waals surface area contributed by atoms with Gasteiger partial charge in [0.25, 0.3) is 0 Å². The van der Waals surface area contributed by atoms with Gasteiger partial charge in [0.2, 0.25) is 0 Å². The van der Waals surface area contributed by atoms with Gasteiger partial charge in [-0.05, 0) is 24.3 Å². The first-order chi connectivity index (χ1) is 9.69. The van der Waals surface area contributed by atoms with E-state index in [2.05, 4.69) is 6.07 Å². The van der Waals surface area contributed by atoms with Gasteiger partial charge in [0.05, 0.1) is 12.1 Å². The van der Waals surface area contributed by atoms with Gasteiger partial charge in [-0.25, -0.2) is 4.39 Å². The predicted octanol–water partition coefficient (Wildman–Crippen LogP) is 3.28. The summed E-state index contributed by atoms with van der Waals surface area (Å²) in [5, 5.41) is 9.98. The third-order valence-electron chi connectivity index (χ3n) is 3.32. The molecule has 0 unspecified atom stereocenters. The van der Waals surface area contributed by atoms with Crippen molar-refractivity contribution in [1.82, 2.24) is 4.57 Å². The SMILES string of the molecule is N#Cc1cn(Cc2ccccc2F)c2ccc(N)cc12. The lowest BCUT2D eigenvalue weighted by Gasteiger charge is -2.06. The molecule has 0 spiro atoms. The van der Waals surface area contributed by atoms with Crippen LogP contribution in [-0.4, -0.2) is 4.57 Å². The number of fused-ring (bicyclic) bond motifs is 1. The summed E-state index contributed by atoms with van der Waals surface area (Å²) < 4.78 is 15.6. The normalized spacial score (nSPS) is 10.6.